The van der Waals surface area contributed by atoms with Crippen LogP contribution in [-0.4, -0.2) is 95.9 Å². The zero-order chi connectivity index (χ0) is 73.7. The van der Waals surface area contributed by atoms with Gasteiger partial charge in [0.25, 0.3) is 0 Å². The number of aliphatic hydroxyl groups is 2. The van der Waals surface area contributed by atoms with E-state index in [4.69, 9.17) is 32.3 Å². The van der Waals surface area contributed by atoms with E-state index >= 15 is 0 Å². The molecular formula is C83H140O16P2. The maximum atomic E-state index is 12.9. The van der Waals surface area contributed by atoms with E-state index in [1.807, 2.05) is 0 Å². The number of carbonyl (C=O) groups excluding carboxylic acids is 3. The molecule has 0 aliphatic heterocycles. The number of aliphatic hydroxyl groups excluding tert-OH is 2. The molecule has 0 spiro atoms. The summed E-state index contributed by atoms with van der Waals surface area (Å²) in [6.45, 7) is 2.36. The molecule has 0 aliphatic rings. The summed E-state index contributed by atoms with van der Waals surface area (Å²) in [5.41, 5.74) is 0. The average Bonchev–Trinajstić information content (AvgIpc) is 1.14. The van der Waals surface area contributed by atoms with E-state index in [1.54, 1.807) is 0 Å². The van der Waals surface area contributed by atoms with Crippen LogP contribution in [0.3, 0.4) is 0 Å². The number of hydrogen-bond acceptors (Lipinski definition) is 14. The SMILES string of the molecule is CC/C=C\C/C=C\C/C=C\C/C=C\C/C=C\CCCCCC(=O)OCC(COP(=O)(O)OCC(O)COP(=O)(O)OCC(O)COC(=O)CCCCCCCCCCCCCCCCC/C=C\C/C=C\C/C=C\C/C=C\CCCCC)OC(=O)CCCCCCC/C=C\C/C=C\C/C=C\CC. The summed E-state index contributed by atoms with van der Waals surface area (Å²) in [6.07, 6.45) is 91.9. The monoisotopic (exact) mass is 1450 g/mol. The van der Waals surface area contributed by atoms with Crippen LogP contribution in [0.1, 0.15) is 303 Å². The van der Waals surface area contributed by atoms with E-state index in [2.05, 4.69) is 167 Å². The third kappa shape index (κ3) is 76.4. The Morgan fingerprint density at radius 1 is 0.287 bits per heavy atom. The Kier molecular flexibility index (Phi) is 71.7. The number of allylic oxidation sites excluding steroid dienone is 24. The molecule has 0 aromatic heterocycles. The number of carbonyl (C=O) groups is 3. The summed E-state index contributed by atoms with van der Waals surface area (Å²) >= 11 is 0. The van der Waals surface area contributed by atoms with Crippen LogP contribution in [0.5, 0.6) is 0 Å². The molecule has 0 bridgehead atoms. The van der Waals surface area contributed by atoms with Crippen LogP contribution in [0.2, 0.25) is 0 Å². The molecule has 4 N–H and O–H groups in total. The van der Waals surface area contributed by atoms with Gasteiger partial charge >= 0.3 is 33.6 Å². The fraction of sp³-hybridized carbons (Fsp3) is 0.675. The van der Waals surface area contributed by atoms with Crippen LogP contribution in [-0.2, 0) is 55.8 Å². The minimum Gasteiger partial charge on any atom is -0.463 e. The van der Waals surface area contributed by atoms with Gasteiger partial charge in [-0.3, -0.25) is 32.5 Å². The van der Waals surface area contributed by atoms with Gasteiger partial charge in [-0.25, -0.2) is 9.13 Å². The number of unbranched alkanes of at least 4 members (excludes halogenated alkanes) is 26. The predicted octanol–water partition coefficient (Wildman–Crippen LogP) is 22.9. The van der Waals surface area contributed by atoms with E-state index < -0.39 is 91.5 Å². The quantitative estimate of drug-likeness (QED) is 0.0146. The van der Waals surface area contributed by atoms with Crippen molar-refractivity contribution in [1.82, 2.24) is 0 Å². The van der Waals surface area contributed by atoms with Gasteiger partial charge in [0.05, 0.1) is 26.4 Å². The van der Waals surface area contributed by atoms with Crippen molar-refractivity contribution in [2.45, 2.75) is 322 Å². The predicted molar refractivity (Wildman–Crippen MR) is 417 cm³/mol. The molecule has 0 aromatic carbocycles. The van der Waals surface area contributed by atoms with E-state index in [0.717, 1.165) is 141 Å². The van der Waals surface area contributed by atoms with Gasteiger partial charge in [0.15, 0.2) is 6.10 Å². The third-order valence-electron chi connectivity index (χ3n) is 16.0. The van der Waals surface area contributed by atoms with Gasteiger partial charge in [-0.15, -0.1) is 0 Å². The Labute approximate surface area is 613 Å². The van der Waals surface area contributed by atoms with Crippen molar-refractivity contribution in [3.63, 3.8) is 0 Å². The Balaban J connectivity index is 4.51. The second-order valence-electron chi connectivity index (χ2n) is 25.7. The fourth-order valence-corrected chi connectivity index (χ4v) is 11.7. The largest absolute Gasteiger partial charge is 0.472 e. The first-order valence-electron chi connectivity index (χ1n) is 39.1. The standard InChI is InChI=1S/C83H140O16P2/c1-4-7-10-13-16-19-22-25-28-30-32-33-34-35-36-37-38-39-40-41-42-43-45-47-49-51-54-57-60-63-66-69-81(86)93-72-78(84)73-95-100(89,90)96-74-79(85)75-97-101(91,92)98-77-80(99-83(88)71-68-65-62-59-56-53-48-27-24-21-18-15-12-9-6-3)76-94-82(87)70-67-64-61-58-55-52-50-46-44-31-29-26-23-20-17-14-11-8-5-2/h8-9,11-12,16-21,25-29,32-33,35-36,44,46,48,52,55,78-80,84-85H,4-7,10,13-15,22-24,30-31,34,37-43,45,47,49-51,53-54,56-77H2,1-3H3,(H,89,90)(H,91,92)/b11-8-,12-9-,19-16-,20-17-,21-18-,28-25-,29-26-,33-32-,36-35-,46-44-,48-27-,55-52-. The average molecular weight is 1460 g/mol. The van der Waals surface area contributed by atoms with E-state index in [1.165, 1.54) is 103 Å². The van der Waals surface area contributed by atoms with Crippen molar-refractivity contribution in [3.05, 3.63) is 146 Å². The highest BCUT2D eigenvalue weighted by Crippen LogP contribution is 2.45. The molecule has 0 saturated heterocycles. The second kappa shape index (κ2) is 75.1. The topological polar surface area (TPSA) is 231 Å². The van der Waals surface area contributed by atoms with Crippen molar-refractivity contribution in [3.8, 4) is 0 Å². The fourth-order valence-electron chi connectivity index (χ4n) is 10.1. The Morgan fingerprint density at radius 3 is 0.842 bits per heavy atom. The van der Waals surface area contributed by atoms with Gasteiger partial charge in [0.2, 0.25) is 0 Å². The molecule has 578 valence electrons. The highest BCUT2D eigenvalue weighted by atomic mass is 31.2. The van der Waals surface area contributed by atoms with Crippen LogP contribution >= 0.6 is 15.6 Å². The molecule has 101 heavy (non-hydrogen) atoms. The molecule has 5 atom stereocenters. The van der Waals surface area contributed by atoms with Gasteiger partial charge in [0.1, 0.15) is 25.4 Å². The van der Waals surface area contributed by atoms with Crippen LogP contribution in [0, 0.1) is 0 Å². The summed E-state index contributed by atoms with van der Waals surface area (Å²) in [6, 6.07) is 0. The third-order valence-corrected chi connectivity index (χ3v) is 17.9. The Morgan fingerprint density at radius 2 is 0.525 bits per heavy atom. The minimum atomic E-state index is -4.95. The van der Waals surface area contributed by atoms with Gasteiger partial charge in [-0.1, -0.05) is 289 Å². The van der Waals surface area contributed by atoms with Crippen LogP contribution in [0.4, 0.5) is 0 Å². The molecular weight excluding hydrogens is 1310 g/mol. The number of ether oxygens (including phenoxy) is 3. The van der Waals surface area contributed by atoms with Crippen molar-refractivity contribution in [2.75, 3.05) is 39.6 Å². The molecule has 0 rings (SSSR count). The van der Waals surface area contributed by atoms with Crippen LogP contribution in [0.15, 0.2) is 146 Å². The molecule has 0 saturated carbocycles. The molecule has 16 nitrogen and oxygen atoms in total. The number of phosphoric ester groups is 2. The minimum absolute atomic E-state index is 0.0732. The van der Waals surface area contributed by atoms with Crippen LogP contribution in [0.25, 0.3) is 0 Å². The molecule has 0 amide bonds. The lowest BCUT2D eigenvalue weighted by atomic mass is 10.0. The first-order chi connectivity index (χ1) is 49.2. The normalized spacial score (nSPS) is 14.8. The summed E-state index contributed by atoms with van der Waals surface area (Å²) < 4.78 is 61.0. The first-order valence-corrected chi connectivity index (χ1v) is 42.1. The summed E-state index contributed by atoms with van der Waals surface area (Å²) in [7, 11) is -9.81. The molecule has 18 heteroatoms. The lowest BCUT2D eigenvalue weighted by Gasteiger charge is -2.21. The van der Waals surface area contributed by atoms with Crippen LogP contribution < -0.4 is 0 Å². The van der Waals surface area contributed by atoms with Gasteiger partial charge in [-0.05, 0) is 141 Å². The smallest absolute Gasteiger partial charge is 0.463 e. The molecule has 5 unspecified atom stereocenters. The highest BCUT2D eigenvalue weighted by molar-refractivity contribution is 7.47. The number of hydrogen-bond donors (Lipinski definition) is 4. The molecule has 0 fully saturated rings. The Bertz CT molecular complexity index is 2420. The highest BCUT2D eigenvalue weighted by Gasteiger charge is 2.29. The maximum Gasteiger partial charge on any atom is 0.472 e. The van der Waals surface area contributed by atoms with Gasteiger partial charge < -0.3 is 34.2 Å². The summed E-state index contributed by atoms with van der Waals surface area (Å²) in [5, 5.41) is 20.6. The zero-order valence-electron chi connectivity index (χ0n) is 63.0. The van der Waals surface area contributed by atoms with E-state index in [-0.39, 0.29) is 19.3 Å². The summed E-state index contributed by atoms with van der Waals surface area (Å²) in [5.74, 6) is -1.64. The zero-order valence-corrected chi connectivity index (χ0v) is 64.8. The van der Waals surface area contributed by atoms with Crippen molar-refractivity contribution < 1.29 is 75.8 Å². The molecule has 0 radical (unpaired) electrons. The van der Waals surface area contributed by atoms with E-state index in [9.17, 15) is 43.5 Å². The van der Waals surface area contributed by atoms with Gasteiger partial charge in [0, 0.05) is 19.3 Å². The molecule has 0 aromatic rings. The maximum absolute atomic E-state index is 12.9. The van der Waals surface area contributed by atoms with E-state index in [0.29, 0.717) is 19.3 Å². The van der Waals surface area contributed by atoms with Gasteiger partial charge in [-0.2, -0.15) is 0 Å². The number of rotatable bonds is 73. The summed E-state index contributed by atoms with van der Waals surface area (Å²) in [4.78, 5) is 58.6. The molecule has 0 aliphatic carbocycles. The second-order valence-corrected chi connectivity index (χ2v) is 28.7. The first kappa shape index (κ1) is 96.4. The number of esters is 3. The van der Waals surface area contributed by atoms with Crippen molar-refractivity contribution >= 4 is 33.6 Å². The Hall–Kier alpha value is -4.57. The molecule has 0 heterocycles. The lowest BCUT2D eigenvalue weighted by molar-refractivity contribution is -0.161. The lowest BCUT2D eigenvalue weighted by Crippen LogP contribution is -2.30. The van der Waals surface area contributed by atoms with Crippen molar-refractivity contribution in [2.24, 2.45) is 0 Å². The number of phosphoric acid groups is 2. The van der Waals surface area contributed by atoms with Crippen molar-refractivity contribution in [1.29, 1.82) is 0 Å².